The molecule has 0 unspecified atom stereocenters. The second-order valence-corrected chi connectivity index (χ2v) is 3.89. The van der Waals surface area contributed by atoms with Gasteiger partial charge in [0.15, 0.2) is 5.65 Å². The number of rotatable bonds is 3. The SMILES string of the molecule is O=C(NCc1ccco1)c1cnc2nccnc2c1. The summed E-state index contributed by atoms with van der Waals surface area (Å²) >= 11 is 0. The van der Waals surface area contributed by atoms with Gasteiger partial charge in [0.25, 0.3) is 5.91 Å². The Hall–Kier alpha value is -2.76. The average molecular weight is 254 g/mol. The first-order valence-corrected chi connectivity index (χ1v) is 5.70. The maximum absolute atomic E-state index is 11.9. The van der Waals surface area contributed by atoms with Crippen molar-refractivity contribution in [3.63, 3.8) is 0 Å². The molecule has 19 heavy (non-hydrogen) atoms. The number of carbonyl (C=O) groups is 1. The van der Waals surface area contributed by atoms with Crippen molar-refractivity contribution in [1.82, 2.24) is 20.3 Å². The second-order valence-electron chi connectivity index (χ2n) is 3.89. The number of furan rings is 1. The standard InChI is InChI=1S/C13H10N4O2/c18-13(17-8-10-2-1-5-19-10)9-6-11-12(16-7-9)15-4-3-14-11/h1-7H,8H2,(H,17,18). The van der Waals surface area contributed by atoms with Gasteiger partial charge in [-0.1, -0.05) is 0 Å². The van der Waals surface area contributed by atoms with Crippen molar-refractivity contribution >= 4 is 17.1 Å². The summed E-state index contributed by atoms with van der Waals surface area (Å²) in [6.45, 7) is 0.338. The third-order valence-electron chi connectivity index (χ3n) is 2.59. The fraction of sp³-hybridized carbons (Fsp3) is 0.0769. The number of pyridine rings is 1. The molecule has 3 aromatic rings. The van der Waals surface area contributed by atoms with Gasteiger partial charge in [-0.25, -0.2) is 9.97 Å². The summed E-state index contributed by atoms with van der Waals surface area (Å²) in [5.41, 5.74) is 1.55. The quantitative estimate of drug-likeness (QED) is 0.766. The van der Waals surface area contributed by atoms with Gasteiger partial charge in [0.2, 0.25) is 0 Å². The fourth-order valence-electron chi connectivity index (χ4n) is 1.66. The number of amides is 1. The minimum absolute atomic E-state index is 0.226. The molecular weight excluding hydrogens is 244 g/mol. The van der Waals surface area contributed by atoms with Crippen molar-refractivity contribution in [2.24, 2.45) is 0 Å². The Labute approximate surface area is 108 Å². The summed E-state index contributed by atoms with van der Waals surface area (Å²) in [6, 6.07) is 5.23. The predicted octanol–water partition coefficient (Wildman–Crippen LogP) is 1.55. The molecule has 3 rings (SSSR count). The van der Waals surface area contributed by atoms with Gasteiger partial charge in [-0.15, -0.1) is 0 Å². The molecule has 3 aromatic heterocycles. The van der Waals surface area contributed by atoms with E-state index in [4.69, 9.17) is 4.42 Å². The van der Waals surface area contributed by atoms with Gasteiger partial charge in [0.05, 0.1) is 18.4 Å². The van der Waals surface area contributed by atoms with Crippen LogP contribution in [-0.2, 0) is 6.54 Å². The first kappa shape index (κ1) is 11.3. The van der Waals surface area contributed by atoms with Crippen molar-refractivity contribution in [2.75, 3.05) is 0 Å². The van der Waals surface area contributed by atoms with Crippen LogP contribution in [0.2, 0.25) is 0 Å². The smallest absolute Gasteiger partial charge is 0.253 e. The molecule has 6 nitrogen and oxygen atoms in total. The summed E-state index contributed by atoms with van der Waals surface area (Å²) in [5, 5.41) is 2.75. The molecule has 1 amide bonds. The van der Waals surface area contributed by atoms with Crippen molar-refractivity contribution in [3.05, 3.63) is 54.4 Å². The van der Waals surface area contributed by atoms with Crippen LogP contribution < -0.4 is 5.32 Å². The normalized spacial score (nSPS) is 10.5. The molecule has 0 spiro atoms. The molecule has 0 fully saturated rings. The minimum Gasteiger partial charge on any atom is -0.467 e. The molecule has 0 saturated heterocycles. The summed E-state index contributed by atoms with van der Waals surface area (Å²) in [4.78, 5) is 24.2. The van der Waals surface area contributed by atoms with E-state index in [1.165, 1.54) is 6.20 Å². The van der Waals surface area contributed by atoms with E-state index in [0.717, 1.165) is 0 Å². The molecule has 0 atom stereocenters. The average Bonchev–Trinajstić information content (AvgIpc) is 2.97. The lowest BCUT2D eigenvalue weighted by Crippen LogP contribution is -2.22. The Bertz CT molecular complexity index is 709. The topological polar surface area (TPSA) is 80.9 Å². The summed E-state index contributed by atoms with van der Waals surface area (Å²) < 4.78 is 5.14. The highest BCUT2D eigenvalue weighted by Crippen LogP contribution is 2.08. The van der Waals surface area contributed by atoms with Gasteiger partial charge in [0, 0.05) is 18.6 Å². The number of nitrogens with one attached hydrogen (secondary N) is 1. The van der Waals surface area contributed by atoms with Gasteiger partial charge in [-0.3, -0.25) is 9.78 Å². The number of hydrogen-bond acceptors (Lipinski definition) is 5. The minimum atomic E-state index is -0.226. The van der Waals surface area contributed by atoms with Crippen LogP contribution in [0.25, 0.3) is 11.2 Å². The van der Waals surface area contributed by atoms with E-state index >= 15 is 0 Å². The number of aromatic nitrogens is 3. The summed E-state index contributed by atoms with van der Waals surface area (Å²) in [6.07, 6.45) is 6.17. The summed E-state index contributed by atoms with van der Waals surface area (Å²) in [5.74, 6) is 0.471. The first-order valence-electron chi connectivity index (χ1n) is 5.70. The highest BCUT2D eigenvalue weighted by molar-refractivity contribution is 5.96. The van der Waals surface area contributed by atoms with Crippen LogP contribution in [0.4, 0.5) is 0 Å². The third kappa shape index (κ3) is 2.42. The lowest BCUT2D eigenvalue weighted by molar-refractivity contribution is 0.0948. The van der Waals surface area contributed by atoms with Crippen LogP contribution in [0.15, 0.2) is 47.5 Å². The van der Waals surface area contributed by atoms with Gasteiger partial charge in [-0.2, -0.15) is 0 Å². The van der Waals surface area contributed by atoms with Crippen LogP contribution >= 0.6 is 0 Å². The molecule has 94 valence electrons. The van der Waals surface area contributed by atoms with Crippen LogP contribution in [-0.4, -0.2) is 20.9 Å². The van der Waals surface area contributed by atoms with E-state index in [2.05, 4.69) is 20.3 Å². The monoisotopic (exact) mass is 254 g/mol. The lowest BCUT2D eigenvalue weighted by Gasteiger charge is -2.03. The van der Waals surface area contributed by atoms with Crippen LogP contribution in [0.3, 0.4) is 0 Å². The highest BCUT2D eigenvalue weighted by atomic mass is 16.3. The van der Waals surface area contributed by atoms with Crippen molar-refractivity contribution < 1.29 is 9.21 Å². The molecule has 0 aliphatic rings. The molecule has 0 saturated carbocycles. The van der Waals surface area contributed by atoms with E-state index in [9.17, 15) is 4.79 Å². The second kappa shape index (κ2) is 4.85. The Morgan fingerprint density at radius 1 is 1.26 bits per heavy atom. The molecular formula is C13H10N4O2. The van der Waals surface area contributed by atoms with Crippen molar-refractivity contribution in [2.45, 2.75) is 6.54 Å². The van der Waals surface area contributed by atoms with E-state index < -0.39 is 0 Å². The number of fused-ring (bicyclic) bond motifs is 1. The van der Waals surface area contributed by atoms with Gasteiger partial charge in [0.1, 0.15) is 11.3 Å². The van der Waals surface area contributed by atoms with Crippen molar-refractivity contribution in [3.8, 4) is 0 Å². The zero-order chi connectivity index (χ0) is 13.1. The first-order chi connectivity index (χ1) is 9.33. The van der Waals surface area contributed by atoms with Crippen molar-refractivity contribution in [1.29, 1.82) is 0 Å². The number of nitrogens with zero attached hydrogens (tertiary/aromatic N) is 3. The predicted molar refractivity (Wildman–Crippen MR) is 67.2 cm³/mol. The Balaban J connectivity index is 1.77. The fourth-order valence-corrected chi connectivity index (χ4v) is 1.66. The van der Waals surface area contributed by atoms with Crippen LogP contribution in [0.1, 0.15) is 16.1 Å². The lowest BCUT2D eigenvalue weighted by atomic mass is 10.2. The maximum Gasteiger partial charge on any atom is 0.253 e. The molecule has 0 bridgehead atoms. The summed E-state index contributed by atoms with van der Waals surface area (Å²) in [7, 11) is 0. The molecule has 6 heteroatoms. The Kier molecular flexibility index (Phi) is 2.89. The Morgan fingerprint density at radius 3 is 3.00 bits per heavy atom. The number of carbonyl (C=O) groups excluding carboxylic acids is 1. The molecule has 3 heterocycles. The molecule has 1 N–H and O–H groups in total. The number of hydrogen-bond donors (Lipinski definition) is 1. The van der Waals surface area contributed by atoms with E-state index in [1.54, 1.807) is 36.9 Å². The largest absolute Gasteiger partial charge is 0.467 e. The van der Waals surface area contributed by atoms with Gasteiger partial charge in [-0.05, 0) is 18.2 Å². The molecule has 0 aliphatic heterocycles. The third-order valence-corrected chi connectivity index (χ3v) is 2.59. The zero-order valence-corrected chi connectivity index (χ0v) is 9.91. The van der Waals surface area contributed by atoms with E-state index in [-0.39, 0.29) is 5.91 Å². The maximum atomic E-state index is 11.9. The highest BCUT2D eigenvalue weighted by Gasteiger charge is 2.08. The Morgan fingerprint density at radius 2 is 2.16 bits per heavy atom. The van der Waals surface area contributed by atoms with E-state index in [1.807, 2.05) is 0 Å². The van der Waals surface area contributed by atoms with Crippen LogP contribution in [0, 0.1) is 0 Å². The molecule has 0 aromatic carbocycles. The zero-order valence-electron chi connectivity index (χ0n) is 9.91. The molecule has 0 aliphatic carbocycles. The van der Waals surface area contributed by atoms with Crippen LogP contribution in [0.5, 0.6) is 0 Å². The van der Waals surface area contributed by atoms with Gasteiger partial charge >= 0.3 is 0 Å². The van der Waals surface area contributed by atoms with E-state index in [0.29, 0.717) is 29.0 Å². The molecule has 0 radical (unpaired) electrons. The van der Waals surface area contributed by atoms with Gasteiger partial charge < -0.3 is 9.73 Å².